The van der Waals surface area contributed by atoms with Gasteiger partial charge in [0.25, 0.3) is 0 Å². The first-order valence-electron chi connectivity index (χ1n) is 8.29. The van der Waals surface area contributed by atoms with Crippen LogP contribution >= 0.6 is 11.3 Å². The van der Waals surface area contributed by atoms with Crippen LogP contribution in [0.5, 0.6) is 0 Å². The predicted octanol–water partition coefficient (Wildman–Crippen LogP) is 2.91. The Kier molecular flexibility index (Phi) is 4.10. The Morgan fingerprint density at radius 2 is 2.12 bits per heavy atom. The summed E-state index contributed by atoms with van der Waals surface area (Å²) in [5, 5.41) is 3.09. The first-order chi connectivity index (χ1) is 11.6. The van der Waals surface area contributed by atoms with Crippen LogP contribution in [0, 0.1) is 11.2 Å². The van der Waals surface area contributed by atoms with Gasteiger partial charge in [0.2, 0.25) is 5.91 Å². The third-order valence-electron chi connectivity index (χ3n) is 5.14. The molecule has 0 saturated carbocycles. The lowest BCUT2D eigenvalue weighted by Crippen LogP contribution is -2.36. The monoisotopic (exact) mass is 345 g/mol. The van der Waals surface area contributed by atoms with E-state index < -0.39 is 0 Å². The molecule has 2 aliphatic heterocycles. The molecule has 24 heavy (non-hydrogen) atoms. The summed E-state index contributed by atoms with van der Waals surface area (Å²) in [5.41, 5.74) is 0.614. The highest BCUT2D eigenvalue weighted by Crippen LogP contribution is 2.41. The van der Waals surface area contributed by atoms with E-state index in [1.165, 1.54) is 12.1 Å². The van der Waals surface area contributed by atoms with Crippen molar-refractivity contribution in [2.45, 2.75) is 25.9 Å². The lowest BCUT2D eigenvalue weighted by Gasteiger charge is -2.23. The number of thiazole rings is 1. The Labute approximate surface area is 144 Å². The summed E-state index contributed by atoms with van der Waals surface area (Å²) >= 11 is 1.66. The molecule has 2 fully saturated rings. The number of nitrogens with zero attached hydrogens (tertiary/aromatic N) is 3. The molecule has 0 unspecified atom stereocenters. The fourth-order valence-corrected chi connectivity index (χ4v) is 4.55. The van der Waals surface area contributed by atoms with E-state index in [1.807, 2.05) is 22.5 Å². The molecule has 4 rings (SSSR count). The fourth-order valence-electron chi connectivity index (χ4n) is 3.89. The van der Waals surface area contributed by atoms with Gasteiger partial charge in [0.1, 0.15) is 10.8 Å². The summed E-state index contributed by atoms with van der Waals surface area (Å²) in [4.78, 5) is 21.5. The minimum absolute atomic E-state index is 0.230. The van der Waals surface area contributed by atoms with Crippen LogP contribution in [0.25, 0.3) is 0 Å². The van der Waals surface area contributed by atoms with Crippen LogP contribution in [0.3, 0.4) is 0 Å². The van der Waals surface area contributed by atoms with Crippen molar-refractivity contribution in [3.8, 4) is 0 Å². The predicted molar refractivity (Wildman–Crippen MR) is 90.9 cm³/mol. The van der Waals surface area contributed by atoms with Crippen LogP contribution in [-0.2, 0) is 17.9 Å². The quantitative estimate of drug-likeness (QED) is 0.855. The summed E-state index contributed by atoms with van der Waals surface area (Å²) in [6.07, 6.45) is 3.64. The van der Waals surface area contributed by atoms with Gasteiger partial charge in [-0.25, -0.2) is 9.37 Å². The van der Waals surface area contributed by atoms with Crippen LogP contribution in [0.4, 0.5) is 4.39 Å². The first-order valence-corrected chi connectivity index (χ1v) is 9.17. The molecule has 6 heteroatoms. The van der Waals surface area contributed by atoms with Gasteiger partial charge in [-0.2, -0.15) is 0 Å². The van der Waals surface area contributed by atoms with Gasteiger partial charge in [-0.05, 0) is 37.1 Å². The van der Waals surface area contributed by atoms with Crippen molar-refractivity contribution in [2.24, 2.45) is 5.41 Å². The van der Waals surface area contributed by atoms with Crippen molar-refractivity contribution in [1.29, 1.82) is 0 Å². The van der Waals surface area contributed by atoms with Gasteiger partial charge in [0.15, 0.2) is 0 Å². The zero-order chi connectivity index (χ0) is 16.6. The van der Waals surface area contributed by atoms with E-state index in [9.17, 15) is 9.18 Å². The van der Waals surface area contributed by atoms with Crippen molar-refractivity contribution >= 4 is 17.2 Å². The smallest absolute Gasteiger partial charge is 0.230 e. The SMILES string of the molecule is O=C1N(Cc2cccc(F)c2)CC[C@@]12CCN(Cc1nccs1)C2. The number of carbonyl (C=O) groups is 1. The van der Waals surface area contributed by atoms with E-state index in [4.69, 9.17) is 0 Å². The maximum absolute atomic E-state index is 13.3. The molecule has 2 aromatic rings. The van der Waals surface area contributed by atoms with Crippen LogP contribution in [0.2, 0.25) is 0 Å². The average molecular weight is 345 g/mol. The van der Waals surface area contributed by atoms with Gasteiger partial charge < -0.3 is 4.90 Å². The number of hydrogen-bond acceptors (Lipinski definition) is 4. The number of rotatable bonds is 4. The number of halogens is 1. The van der Waals surface area contributed by atoms with Gasteiger partial charge in [-0.1, -0.05) is 12.1 Å². The fraction of sp³-hybridized carbons (Fsp3) is 0.444. The van der Waals surface area contributed by atoms with Gasteiger partial charge in [-0.3, -0.25) is 9.69 Å². The molecule has 1 amide bonds. The molecule has 2 saturated heterocycles. The Bertz CT molecular complexity index is 736. The second-order valence-corrected chi connectivity index (χ2v) is 7.75. The van der Waals surface area contributed by atoms with Gasteiger partial charge >= 0.3 is 0 Å². The Hall–Kier alpha value is -1.79. The molecule has 4 nitrogen and oxygen atoms in total. The minimum Gasteiger partial charge on any atom is -0.338 e. The molecule has 0 N–H and O–H groups in total. The molecule has 126 valence electrons. The maximum atomic E-state index is 13.3. The molecule has 1 atom stereocenters. The highest BCUT2D eigenvalue weighted by molar-refractivity contribution is 7.09. The molecular weight excluding hydrogens is 325 g/mol. The van der Waals surface area contributed by atoms with E-state index in [2.05, 4.69) is 9.88 Å². The number of benzene rings is 1. The Morgan fingerprint density at radius 1 is 1.25 bits per heavy atom. The molecule has 1 aromatic carbocycles. The van der Waals surface area contributed by atoms with Crippen LogP contribution in [-0.4, -0.2) is 40.3 Å². The van der Waals surface area contributed by atoms with E-state index in [0.29, 0.717) is 6.54 Å². The number of hydrogen-bond donors (Lipinski definition) is 0. The van der Waals surface area contributed by atoms with Crippen molar-refractivity contribution in [3.63, 3.8) is 0 Å². The maximum Gasteiger partial charge on any atom is 0.230 e. The van der Waals surface area contributed by atoms with Gasteiger partial charge in [0, 0.05) is 31.2 Å². The molecule has 0 aliphatic carbocycles. The largest absolute Gasteiger partial charge is 0.338 e. The molecule has 3 heterocycles. The summed E-state index contributed by atoms with van der Waals surface area (Å²) < 4.78 is 13.3. The Morgan fingerprint density at radius 3 is 2.92 bits per heavy atom. The highest BCUT2D eigenvalue weighted by atomic mass is 32.1. The lowest BCUT2D eigenvalue weighted by atomic mass is 9.85. The van der Waals surface area contributed by atoms with E-state index >= 15 is 0 Å². The number of amides is 1. The van der Waals surface area contributed by atoms with Crippen LogP contribution in [0.15, 0.2) is 35.8 Å². The summed E-state index contributed by atoms with van der Waals surface area (Å²) in [5.74, 6) is -0.0160. The van der Waals surface area contributed by atoms with Gasteiger partial charge in [0.05, 0.1) is 12.0 Å². The van der Waals surface area contributed by atoms with Crippen molar-refractivity contribution in [3.05, 3.63) is 52.2 Å². The molecule has 2 aliphatic rings. The van der Waals surface area contributed by atoms with E-state index in [-0.39, 0.29) is 17.1 Å². The molecule has 1 spiro atoms. The topological polar surface area (TPSA) is 36.4 Å². The number of carbonyl (C=O) groups excluding carboxylic acids is 1. The zero-order valence-electron chi connectivity index (χ0n) is 13.4. The Balaban J connectivity index is 1.41. The molecule has 1 aromatic heterocycles. The average Bonchev–Trinajstić information content (AvgIpc) is 3.27. The number of aromatic nitrogens is 1. The second kappa shape index (κ2) is 6.26. The summed E-state index contributed by atoms with van der Waals surface area (Å²) in [7, 11) is 0. The van der Waals surface area contributed by atoms with E-state index in [1.54, 1.807) is 17.4 Å². The first kappa shape index (κ1) is 15.7. The zero-order valence-corrected chi connectivity index (χ0v) is 14.3. The standard InChI is InChI=1S/C18H20FN3OS/c19-15-3-1-2-14(10-15)11-22-8-5-18(17(22)23)4-7-21(13-18)12-16-20-6-9-24-16/h1-3,6,9-10H,4-5,7-8,11-13H2/t18-/m1/s1. The van der Waals surface area contributed by atoms with Crippen LogP contribution in [0.1, 0.15) is 23.4 Å². The third kappa shape index (κ3) is 2.96. The van der Waals surface area contributed by atoms with Crippen molar-refractivity contribution < 1.29 is 9.18 Å². The second-order valence-electron chi connectivity index (χ2n) is 6.77. The summed E-state index contributed by atoms with van der Waals surface area (Å²) in [6.45, 7) is 3.85. The van der Waals surface area contributed by atoms with E-state index in [0.717, 1.165) is 49.6 Å². The summed E-state index contributed by atoms with van der Waals surface area (Å²) in [6, 6.07) is 6.53. The van der Waals surface area contributed by atoms with Crippen molar-refractivity contribution in [2.75, 3.05) is 19.6 Å². The minimum atomic E-state index is -0.246. The molecular formula is C18H20FN3OS. The van der Waals surface area contributed by atoms with Gasteiger partial charge in [-0.15, -0.1) is 11.3 Å². The third-order valence-corrected chi connectivity index (χ3v) is 5.90. The highest BCUT2D eigenvalue weighted by Gasteiger charge is 2.50. The van der Waals surface area contributed by atoms with Crippen molar-refractivity contribution in [1.82, 2.24) is 14.8 Å². The lowest BCUT2D eigenvalue weighted by molar-refractivity contribution is -0.136. The molecule has 0 radical (unpaired) electrons. The molecule has 0 bridgehead atoms. The number of likely N-dealkylation sites (tertiary alicyclic amines) is 2. The normalized spacial score (nSPS) is 24.4. The van der Waals surface area contributed by atoms with Crippen LogP contribution < -0.4 is 0 Å².